The Balaban J connectivity index is 2.27. The van der Waals surface area contributed by atoms with Gasteiger partial charge in [0.2, 0.25) is 0 Å². The zero-order valence-electron chi connectivity index (χ0n) is 12.7. The van der Waals surface area contributed by atoms with E-state index >= 15 is 0 Å². The molecule has 0 fully saturated rings. The summed E-state index contributed by atoms with van der Waals surface area (Å²) in [6.45, 7) is 7.78. The highest BCUT2D eigenvalue weighted by atomic mass is 35.5. The van der Waals surface area contributed by atoms with Crippen LogP contribution >= 0.6 is 11.6 Å². The monoisotopic (exact) mass is 304 g/mol. The van der Waals surface area contributed by atoms with Gasteiger partial charge in [0.05, 0.1) is 0 Å². The van der Waals surface area contributed by atoms with Crippen molar-refractivity contribution >= 4 is 11.6 Å². The van der Waals surface area contributed by atoms with Crippen LogP contribution in [-0.4, -0.2) is 11.5 Å². The fourth-order valence-electron chi connectivity index (χ4n) is 2.06. The van der Waals surface area contributed by atoms with E-state index < -0.39 is 0 Å². The topological polar surface area (TPSA) is 34.2 Å². The van der Waals surface area contributed by atoms with E-state index in [-0.39, 0.29) is 0 Å². The van der Waals surface area contributed by atoms with E-state index in [0.29, 0.717) is 0 Å². The lowest BCUT2D eigenvalue weighted by atomic mass is 10.1. The van der Waals surface area contributed by atoms with Crippen molar-refractivity contribution < 1.29 is 4.74 Å². The first kappa shape index (κ1) is 15.8. The molecule has 1 N–H and O–H groups in total. The molecular weight excluding hydrogens is 284 g/mol. The van der Waals surface area contributed by atoms with Crippen LogP contribution in [0.5, 0.6) is 11.5 Å². The summed E-state index contributed by atoms with van der Waals surface area (Å²) in [5.74, 6) is 1.65. The summed E-state index contributed by atoms with van der Waals surface area (Å²) in [6, 6.07) is 7.74. The van der Waals surface area contributed by atoms with E-state index in [1.807, 2.05) is 37.4 Å². The molecule has 0 radical (unpaired) electrons. The summed E-state index contributed by atoms with van der Waals surface area (Å²) in [7, 11) is 0. The van der Waals surface area contributed by atoms with E-state index in [2.05, 4.69) is 24.1 Å². The summed E-state index contributed by atoms with van der Waals surface area (Å²) >= 11 is 6.15. The zero-order valence-corrected chi connectivity index (χ0v) is 13.5. The molecule has 0 atom stereocenters. The van der Waals surface area contributed by atoms with Crippen molar-refractivity contribution in [1.29, 1.82) is 0 Å². The maximum atomic E-state index is 6.15. The molecule has 0 bridgehead atoms. The average Bonchev–Trinajstić information content (AvgIpc) is 2.48. The Morgan fingerprint density at radius 1 is 1.19 bits per heavy atom. The van der Waals surface area contributed by atoms with Gasteiger partial charge in [-0.25, -0.2) is 0 Å². The number of aromatic nitrogens is 1. The van der Waals surface area contributed by atoms with Crippen molar-refractivity contribution in [3.63, 3.8) is 0 Å². The second kappa shape index (κ2) is 7.43. The van der Waals surface area contributed by atoms with Gasteiger partial charge in [-0.05, 0) is 43.7 Å². The summed E-state index contributed by atoms with van der Waals surface area (Å²) in [5.41, 5.74) is 3.08. The van der Waals surface area contributed by atoms with Gasteiger partial charge in [-0.15, -0.1) is 0 Å². The SMILES string of the molecule is CCNCc1cnc(C)cc1Oc1ccc(Cl)c(CC)c1. The molecule has 1 aromatic heterocycles. The quantitative estimate of drug-likeness (QED) is 0.852. The number of nitrogens with one attached hydrogen (secondary N) is 1. The molecule has 4 heteroatoms. The second-order valence-electron chi connectivity index (χ2n) is 4.92. The fourth-order valence-corrected chi connectivity index (χ4v) is 2.31. The van der Waals surface area contributed by atoms with Crippen LogP contribution in [0.2, 0.25) is 5.02 Å². The van der Waals surface area contributed by atoms with Gasteiger partial charge in [0.1, 0.15) is 11.5 Å². The van der Waals surface area contributed by atoms with Crippen LogP contribution in [0.25, 0.3) is 0 Å². The maximum absolute atomic E-state index is 6.15. The minimum atomic E-state index is 0.743. The van der Waals surface area contributed by atoms with E-state index in [4.69, 9.17) is 16.3 Å². The molecule has 2 rings (SSSR count). The summed E-state index contributed by atoms with van der Waals surface area (Å²) in [4.78, 5) is 4.34. The Morgan fingerprint density at radius 2 is 2.00 bits per heavy atom. The predicted molar refractivity (Wildman–Crippen MR) is 87.3 cm³/mol. The van der Waals surface area contributed by atoms with Crippen molar-refractivity contribution in [2.45, 2.75) is 33.7 Å². The largest absolute Gasteiger partial charge is 0.457 e. The molecule has 0 aliphatic rings. The number of hydrogen-bond acceptors (Lipinski definition) is 3. The van der Waals surface area contributed by atoms with Crippen LogP contribution in [0.3, 0.4) is 0 Å². The number of rotatable bonds is 6. The molecular formula is C17H21ClN2O. The normalized spacial score (nSPS) is 10.7. The lowest BCUT2D eigenvalue weighted by Gasteiger charge is -2.13. The maximum Gasteiger partial charge on any atom is 0.135 e. The number of benzene rings is 1. The molecule has 0 amide bonds. The molecule has 1 heterocycles. The van der Waals surface area contributed by atoms with Crippen LogP contribution in [0, 0.1) is 6.92 Å². The number of ether oxygens (including phenoxy) is 1. The minimum Gasteiger partial charge on any atom is -0.457 e. The van der Waals surface area contributed by atoms with Gasteiger partial charge in [0.25, 0.3) is 0 Å². The van der Waals surface area contributed by atoms with E-state index in [0.717, 1.165) is 52.9 Å². The van der Waals surface area contributed by atoms with E-state index in [1.54, 1.807) is 0 Å². The highest BCUT2D eigenvalue weighted by Crippen LogP contribution is 2.29. The Labute approximate surface area is 131 Å². The van der Waals surface area contributed by atoms with Crippen LogP contribution in [0.1, 0.15) is 30.7 Å². The van der Waals surface area contributed by atoms with Gasteiger partial charge in [0, 0.05) is 35.1 Å². The highest BCUT2D eigenvalue weighted by molar-refractivity contribution is 6.31. The summed E-state index contributed by atoms with van der Waals surface area (Å²) < 4.78 is 6.05. The van der Waals surface area contributed by atoms with Gasteiger partial charge < -0.3 is 10.1 Å². The number of hydrogen-bond donors (Lipinski definition) is 1. The third-order valence-corrected chi connectivity index (χ3v) is 3.64. The Bertz CT molecular complexity index is 614. The molecule has 0 saturated heterocycles. The molecule has 2 aromatic rings. The van der Waals surface area contributed by atoms with Crippen molar-refractivity contribution in [1.82, 2.24) is 10.3 Å². The van der Waals surface area contributed by atoms with Crippen molar-refractivity contribution in [3.05, 3.63) is 52.3 Å². The Morgan fingerprint density at radius 3 is 2.71 bits per heavy atom. The molecule has 112 valence electrons. The first-order valence-corrected chi connectivity index (χ1v) is 7.64. The van der Waals surface area contributed by atoms with Gasteiger partial charge in [-0.2, -0.15) is 0 Å². The Hall–Kier alpha value is -1.58. The smallest absolute Gasteiger partial charge is 0.135 e. The summed E-state index contributed by atoms with van der Waals surface area (Å²) in [6.07, 6.45) is 2.75. The van der Waals surface area contributed by atoms with Gasteiger partial charge >= 0.3 is 0 Å². The summed E-state index contributed by atoms with van der Waals surface area (Å²) in [5, 5.41) is 4.08. The lowest BCUT2D eigenvalue weighted by molar-refractivity contribution is 0.471. The molecule has 21 heavy (non-hydrogen) atoms. The average molecular weight is 305 g/mol. The molecule has 0 saturated carbocycles. The van der Waals surface area contributed by atoms with Crippen LogP contribution < -0.4 is 10.1 Å². The van der Waals surface area contributed by atoms with Crippen LogP contribution in [0.4, 0.5) is 0 Å². The van der Waals surface area contributed by atoms with Gasteiger partial charge in [-0.3, -0.25) is 4.98 Å². The minimum absolute atomic E-state index is 0.743. The van der Waals surface area contributed by atoms with E-state index in [1.165, 1.54) is 0 Å². The van der Waals surface area contributed by atoms with E-state index in [9.17, 15) is 0 Å². The first-order chi connectivity index (χ1) is 10.1. The highest BCUT2D eigenvalue weighted by Gasteiger charge is 2.08. The lowest BCUT2D eigenvalue weighted by Crippen LogP contribution is -2.12. The number of aryl methyl sites for hydroxylation is 2. The molecule has 0 aliphatic carbocycles. The number of nitrogens with zero attached hydrogens (tertiary/aromatic N) is 1. The zero-order chi connectivity index (χ0) is 15.2. The predicted octanol–water partition coefficient (Wildman–Crippen LogP) is 4.51. The third kappa shape index (κ3) is 4.19. The van der Waals surface area contributed by atoms with Crippen molar-refractivity contribution in [2.24, 2.45) is 0 Å². The molecule has 0 spiro atoms. The first-order valence-electron chi connectivity index (χ1n) is 7.26. The number of pyridine rings is 1. The second-order valence-corrected chi connectivity index (χ2v) is 5.33. The number of halogens is 1. The van der Waals surface area contributed by atoms with Crippen molar-refractivity contribution in [3.8, 4) is 11.5 Å². The van der Waals surface area contributed by atoms with Crippen LogP contribution in [-0.2, 0) is 13.0 Å². The standard InChI is InChI=1S/C17H21ClN2O/c1-4-13-9-15(6-7-16(13)18)21-17-8-12(3)20-11-14(17)10-19-5-2/h6-9,11,19H,4-5,10H2,1-3H3. The molecule has 1 aromatic carbocycles. The van der Waals surface area contributed by atoms with Crippen molar-refractivity contribution in [2.75, 3.05) is 6.54 Å². The van der Waals surface area contributed by atoms with Crippen LogP contribution in [0.15, 0.2) is 30.5 Å². The molecule has 0 unspecified atom stereocenters. The Kier molecular flexibility index (Phi) is 5.59. The fraction of sp³-hybridized carbons (Fsp3) is 0.353. The van der Waals surface area contributed by atoms with Gasteiger partial charge in [-0.1, -0.05) is 25.4 Å². The third-order valence-electron chi connectivity index (χ3n) is 3.27. The molecule has 0 aliphatic heterocycles. The molecule has 3 nitrogen and oxygen atoms in total. The van der Waals surface area contributed by atoms with Gasteiger partial charge in [0.15, 0.2) is 0 Å².